The van der Waals surface area contributed by atoms with E-state index in [2.05, 4.69) is 5.32 Å². The maximum atomic E-state index is 10.9. The number of benzene rings is 1. The van der Waals surface area contributed by atoms with Crippen molar-refractivity contribution in [3.8, 4) is 0 Å². The van der Waals surface area contributed by atoms with Gasteiger partial charge in [-0.15, -0.1) is 0 Å². The van der Waals surface area contributed by atoms with E-state index in [0.29, 0.717) is 32.1 Å². The number of nitrogens with one attached hydrogen (secondary N) is 1. The average molecular weight is 282 g/mol. The maximum Gasteiger partial charge on any atom is 0.292 e. The Labute approximate surface area is 119 Å². The summed E-state index contributed by atoms with van der Waals surface area (Å²) in [5, 5.41) is 14.0. The second-order valence-corrected chi connectivity index (χ2v) is 4.43. The van der Waals surface area contributed by atoms with Crippen LogP contribution in [-0.4, -0.2) is 31.8 Å². The van der Waals surface area contributed by atoms with Gasteiger partial charge in [-0.2, -0.15) is 0 Å². The summed E-state index contributed by atoms with van der Waals surface area (Å²) in [6.45, 7) is 4.45. The molecule has 0 saturated heterocycles. The molecule has 1 aromatic carbocycles. The third-order valence-corrected chi connectivity index (χ3v) is 2.73. The van der Waals surface area contributed by atoms with Gasteiger partial charge in [0.05, 0.1) is 11.5 Å². The Morgan fingerprint density at radius 1 is 1.35 bits per heavy atom. The van der Waals surface area contributed by atoms with Crippen molar-refractivity contribution in [3.63, 3.8) is 0 Å². The topological polar surface area (TPSA) is 73.6 Å². The minimum Gasteiger partial charge on any atom is -0.385 e. The summed E-state index contributed by atoms with van der Waals surface area (Å²) in [6.07, 6.45) is 1.75. The molecular weight excluding hydrogens is 260 g/mol. The van der Waals surface area contributed by atoms with Gasteiger partial charge in [0.15, 0.2) is 0 Å². The summed E-state index contributed by atoms with van der Waals surface area (Å²) in [5.74, 6) is 0. The predicted molar refractivity (Wildman–Crippen MR) is 78.0 cm³/mol. The number of methoxy groups -OCH3 is 1. The lowest BCUT2D eigenvalue weighted by atomic mass is 10.2. The second-order valence-electron chi connectivity index (χ2n) is 4.43. The standard InChI is InChI=1S/C14H22N2O4/c1-3-7-15-13-10-12(5-6-14(13)16(17)18)11-20-9-4-8-19-2/h5-6,10,15H,3-4,7-9,11H2,1-2H3. The number of rotatable bonds is 10. The highest BCUT2D eigenvalue weighted by Crippen LogP contribution is 2.25. The van der Waals surface area contributed by atoms with Crippen LogP contribution in [0.5, 0.6) is 0 Å². The van der Waals surface area contributed by atoms with E-state index in [1.54, 1.807) is 19.2 Å². The molecule has 112 valence electrons. The summed E-state index contributed by atoms with van der Waals surface area (Å²) in [7, 11) is 1.65. The van der Waals surface area contributed by atoms with E-state index >= 15 is 0 Å². The lowest BCUT2D eigenvalue weighted by molar-refractivity contribution is -0.384. The van der Waals surface area contributed by atoms with Crippen molar-refractivity contribution in [3.05, 3.63) is 33.9 Å². The summed E-state index contributed by atoms with van der Waals surface area (Å²) in [5.41, 5.74) is 1.57. The van der Waals surface area contributed by atoms with Gasteiger partial charge in [-0.05, 0) is 30.5 Å². The number of ether oxygens (including phenoxy) is 2. The van der Waals surface area contributed by atoms with Crippen LogP contribution in [0.2, 0.25) is 0 Å². The van der Waals surface area contributed by atoms with E-state index in [-0.39, 0.29) is 10.6 Å². The van der Waals surface area contributed by atoms with Crippen LogP contribution in [0.25, 0.3) is 0 Å². The second kappa shape index (κ2) is 9.28. The van der Waals surface area contributed by atoms with Crippen LogP contribution >= 0.6 is 0 Å². The third-order valence-electron chi connectivity index (χ3n) is 2.73. The van der Waals surface area contributed by atoms with E-state index in [0.717, 1.165) is 18.4 Å². The van der Waals surface area contributed by atoms with Gasteiger partial charge < -0.3 is 14.8 Å². The van der Waals surface area contributed by atoms with Crippen LogP contribution in [0.1, 0.15) is 25.3 Å². The average Bonchev–Trinajstić information content (AvgIpc) is 2.44. The molecular formula is C14H22N2O4. The molecule has 0 aliphatic rings. The molecule has 0 saturated carbocycles. The Balaban J connectivity index is 2.61. The van der Waals surface area contributed by atoms with Crippen LogP contribution in [0.3, 0.4) is 0 Å². The van der Waals surface area contributed by atoms with Crippen LogP contribution in [0.15, 0.2) is 18.2 Å². The molecule has 0 amide bonds. The van der Waals surface area contributed by atoms with Crippen molar-refractivity contribution in [2.75, 3.05) is 32.2 Å². The minimum absolute atomic E-state index is 0.0987. The van der Waals surface area contributed by atoms with Crippen molar-refractivity contribution < 1.29 is 14.4 Å². The molecule has 0 bridgehead atoms. The predicted octanol–water partition coefficient (Wildman–Crippen LogP) is 2.97. The first-order chi connectivity index (χ1) is 9.69. The molecule has 1 aromatic rings. The first-order valence-corrected chi connectivity index (χ1v) is 6.77. The van der Waals surface area contributed by atoms with Crippen LogP contribution in [0.4, 0.5) is 11.4 Å². The normalized spacial score (nSPS) is 10.5. The largest absolute Gasteiger partial charge is 0.385 e. The molecule has 0 unspecified atom stereocenters. The number of hydrogen-bond donors (Lipinski definition) is 1. The van der Waals surface area contributed by atoms with E-state index in [1.165, 1.54) is 6.07 Å². The highest BCUT2D eigenvalue weighted by atomic mass is 16.6. The Morgan fingerprint density at radius 3 is 2.80 bits per heavy atom. The summed E-state index contributed by atoms with van der Waals surface area (Å²) in [6, 6.07) is 5.03. The minimum atomic E-state index is -0.374. The van der Waals surface area contributed by atoms with Gasteiger partial charge >= 0.3 is 0 Å². The number of hydrogen-bond acceptors (Lipinski definition) is 5. The molecule has 1 rings (SSSR count). The van der Waals surface area contributed by atoms with Crippen LogP contribution in [0, 0.1) is 10.1 Å². The number of nitrogens with zero attached hydrogens (tertiary/aromatic N) is 1. The molecule has 6 heteroatoms. The van der Waals surface area contributed by atoms with Gasteiger partial charge in [0.1, 0.15) is 5.69 Å². The SMILES string of the molecule is CCCNc1cc(COCCCOC)ccc1[N+](=O)[O-]. The van der Waals surface area contributed by atoms with Crippen molar-refractivity contribution in [1.29, 1.82) is 0 Å². The summed E-state index contributed by atoms with van der Waals surface area (Å²) in [4.78, 5) is 10.6. The zero-order valence-electron chi connectivity index (χ0n) is 12.1. The van der Waals surface area contributed by atoms with Crippen molar-refractivity contribution in [2.24, 2.45) is 0 Å². The number of anilines is 1. The van der Waals surface area contributed by atoms with Crippen LogP contribution in [-0.2, 0) is 16.1 Å². The Bertz CT molecular complexity index is 424. The van der Waals surface area contributed by atoms with Gasteiger partial charge in [-0.25, -0.2) is 0 Å². The third kappa shape index (κ3) is 5.54. The monoisotopic (exact) mass is 282 g/mol. The van der Waals surface area contributed by atoms with E-state index in [4.69, 9.17) is 9.47 Å². The van der Waals surface area contributed by atoms with Gasteiger partial charge in [-0.3, -0.25) is 10.1 Å². The van der Waals surface area contributed by atoms with Gasteiger partial charge in [0.2, 0.25) is 0 Å². The Morgan fingerprint density at radius 2 is 2.15 bits per heavy atom. The summed E-state index contributed by atoms with van der Waals surface area (Å²) >= 11 is 0. The highest BCUT2D eigenvalue weighted by molar-refractivity contribution is 5.62. The quantitative estimate of drug-likeness (QED) is 0.406. The van der Waals surface area contributed by atoms with E-state index in [1.807, 2.05) is 6.92 Å². The highest BCUT2D eigenvalue weighted by Gasteiger charge is 2.13. The fourth-order valence-electron chi connectivity index (χ4n) is 1.73. The lowest BCUT2D eigenvalue weighted by Gasteiger charge is -2.09. The maximum absolute atomic E-state index is 10.9. The molecule has 0 fully saturated rings. The molecule has 0 radical (unpaired) electrons. The molecule has 0 aromatic heterocycles. The first kappa shape index (κ1) is 16.4. The molecule has 0 aliphatic heterocycles. The smallest absolute Gasteiger partial charge is 0.292 e. The lowest BCUT2D eigenvalue weighted by Crippen LogP contribution is -2.05. The van der Waals surface area contributed by atoms with Crippen molar-refractivity contribution in [2.45, 2.75) is 26.4 Å². The molecule has 1 N–H and O–H groups in total. The van der Waals surface area contributed by atoms with E-state index in [9.17, 15) is 10.1 Å². The number of nitro benzene ring substituents is 1. The van der Waals surface area contributed by atoms with Gasteiger partial charge in [0.25, 0.3) is 5.69 Å². The molecule has 6 nitrogen and oxygen atoms in total. The fourth-order valence-corrected chi connectivity index (χ4v) is 1.73. The zero-order chi connectivity index (χ0) is 14.8. The van der Waals surface area contributed by atoms with Gasteiger partial charge in [-0.1, -0.05) is 6.92 Å². The summed E-state index contributed by atoms with van der Waals surface area (Å²) < 4.78 is 10.4. The molecule has 0 heterocycles. The van der Waals surface area contributed by atoms with E-state index < -0.39 is 0 Å². The van der Waals surface area contributed by atoms with Crippen LogP contribution < -0.4 is 5.32 Å². The van der Waals surface area contributed by atoms with Crippen molar-refractivity contribution in [1.82, 2.24) is 0 Å². The first-order valence-electron chi connectivity index (χ1n) is 6.77. The molecule has 0 aliphatic carbocycles. The zero-order valence-corrected chi connectivity index (χ0v) is 12.1. The molecule has 0 atom stereocenters. The Hall–Kier alpha value is -1.66. The van der Waals surface area contributed by atoms with Gasteiger partial charge in [0, 0.05) is 32.9 Å². The number of nitro groups is 1. The molecule has 0 spiro atoms. The molecule has 20 heavy (non-hydrogen) atoms. The fraction of sp³-hybridized carbons (Fsp3) is 0.571. The van der Waals surface area contributed by atoms with Crippen molar-refractivity contribution >= 4 is 11.4 Å². The Kier molecular flexibility index (Phi) is 7.60.